The second-order valence-electron chi connectivity index (χ2n) is 5.29. The van der Waals surface area contributed by atoms with Crippen molar-refractivity contribution in [3.8, 4) is 0 Å². The van der Waals surface area contributed by atoms with E-state index < -0.39 is 0 Å². The van der Waals surface area contributed by atoms with Crippen LogP contribution < -0.4 is 10.7 Å². The quantitative estimate of drug-likeness (QED) is 0.809. The number of carbonyl (C=O) groups is 1. The van der Waals surface area contributed by atoms with E-state index in [1.54, 1.807) is 0 Å². The monoisotopic (exact) mass is 257 g/mol. The van der Waals surface area contributed by atoms with Gasteiger partial charge in [0.25, 0.3) is 0 Å². The highest BCUT2D eigenvalue weighted by Gasteiger charge is 2.24. The summed E-state index contributed by atoms with van der Waals surface area (Å²) >= 11 is 0. The van der Waals surface area contributed by atoms with Gasteiger partial charge in [-0.3, -0.25) is 4.79 Å². The highest BCUT2D eigenvalue weighted by Crippen LogP contribution is 2.24. The number of rotatable bonds is 2. The molecule has 1 atom stereocenters. The first-order chi connectivity index (χ1) is 9.22. The van der Waals surface area contributed by atoms with Gasteiger partial charge < -0.3 is 9.72 Å². The molecule has 0 aromatic carbocycles. The molecule has 3 heteroatoms. The van der Waals surface area contributed by atoms with Gasteiger partial charge in [0.05, 0.1) is 13.0 Å². The Morgan fingerprint density at radius 2 is 2.21 bits per heavy atom. The van der Waals surface area contributed by atoms with Crippen molar-refractivity contribution in [2.24, 2.45) is 5.92 Å². The van der Waals surface area contributed by atoms with E-state index >= 15 is 0 Å². The predicted molar refractivity (Wildman–Crippen MR) is 74.9 cm³/mol. The largest absolute Gasteiger partial charge is 0.469 e. The zero-order valence-corrected chi connectivity index (χ0v) is 11.5. The van der Waals surface area contributed by atoms with E-state index in [2.05, 4.69) is 23.2 Å². The molecule has 19 heavy (non-hydrogen) atoms. The summed E-state index contributed by atoms with van der Waals surface area (Å²) in [6.45, 7) is 1.94. The highest BCUT2D eigenvalue weighted by molar-refractivity contribution is 5.82. The van der Waals surface area contributed by atoms with E-state index in [4.69, 9.17) is 4.74 Å². The van der Waals surface area contributed by atoms with Crippen LogP contribution >= 0.6 is 0 Å². The van der Waals surface area contributed by atoms with Crippen molar-refractivity contribution in [1.29, 1.82) is 0 Å². The Hall–Kier alpha value is -1.77. The fourth-order valence-corrected chi connectivity index (χ4v) is 3.21. The molecule has 0 aliphatic heterocycles. The maximum absolute atomic E-state index is 11.8. The van der Waals surface area contributed by atoms with E-state index in [1.165, 1.54) is 34.5 Å². The average Bonchev–Trinajstić information content (AvgIpc) is 2.84. The standard InChI is InChI=1S/C16H19NO2/c1-10(16(18)19-2)11-7-5-8-13-12-6-3-4-9-14(12)17-15(11)13/h3-4,9-10,17H,5-8H2,1-2H3. The molecule has 3 rings (SSSR count). The van der Waals surface area contributed by atoms with Crippen molar-refractivity contribution in [3.63, 3.8) is 0 Å². The molecule has 1 unspecified atom stereocenters. The second-order valence-corrected chi connectivity index (χ2v) is 5.29. The van der Waals surface area contributed by atoms with Gasteiger partial charge in [0, 0.05) is 10.7 Å². The van der Waals surface area contributed by atoms with E-state index in [0.717, 1.165) is 25.7 Å². The Labute approximate surface area is 112 Å². The number of ether oxygens (including phenoxy) is 1. The topological polar surface area (TPSA) is 42.1 Å². The predicted octanol–water partition coefficient (Wildman–Crippen LogP) is 1.20. The first kappa shape index (κ1) is 12.3. The first-order valence-corrected chi connectivity index (χ1v) is 6.90. The van der Waals surface area contributed by atoms with E-state index in [1.807, 2.05) is 6.92 Å². The van der Waals surface area contributed by atoms with Gasteiger partial charge in [-0.1, -0.05) is 12.2 Å². The van der Waals surface area contributed by atoms with Gasteiger partial charge in [-0.05, 0) is 55.4 Å². The molecule has 2 aliphatic carbocycles. The van der Waals surface area contributed by atoms with Gasteiger partial charge in [-0.2, -0.15) is 0 Å². The minimum atomic E-state index is -0.155. The molecule has 0 saturated carbocycles. The Bertz CT molecular complexity index is 664. The van der Waals surface area contributed by atoms with Crippen molar-refractivity contribution < 1.29 is 9.53 Å². The summed E-state index contributed by atoms with van der Waals surface area (Å²) in [6, 6.07) is 0. The summed E-state index contributed by atoms with van der Waals surface area (Å²) in [4.78, 5) is 15.3. The summed E-state index contributed by atoms with van der Waals surface area (Å²) in [7, 11) is 1.46. The lowest BCUT2D eigenvalue weighted by Gasteiger charge is -2.18. The van der Waals surface area contributed by atoms with Gasteiger partial charge in [0.1, 0.15) is 0 Å². The zero-order valence-electron chi connectivity index (χ0n) is 11.5. The summed E-state index contributed by atoms with van der Waals surface area (Å²) in [5.41, 5.74) is 4.02. The maximum Gasteiger partial charge on any atom is 0.312 e. The number of aromatic nitrogens is 1. The smallest absolute Gasteiger partial charge is 0.312 e. The summed E-state index contributed by atoms with van der Waals surface area (Å²) in [5, 5.41) is 2.40. The molecule has 1 heterocycles. The lowest BCUT2D eigenvalue weighted by molar-refractivity contribution is -0.142. The van der Waals surface area contributed by atoms with Crippen LogP contribution in [0.3, 0.4) is 0 Å². The second kappa shape index (κ2) is 4.72. The summed E-state index contributed by atoms with van der Waals surface area (Å²) in [5.74, 6) is -0.297. The molecular formula is C16H19NO2. The Morgan fingerprint density at radius 1 is 1.37 bits per heavy atom. The SMILES string of the molecule is COC(=O)C(C)C1=c2[nH]c3c(c2CCC1)CC=CC=3. The molecule has 100 valence electrons. The molecule has 0 saturated heterocycles. The van der Waals surface area contributed by atoms with Crippen LogP contribution in [-0.4, -0.2) is 18.1 Å². The van der Waals surface area contributed by atoms with Crippen LogP contribution in [0.4, 0.5) is 0 Å². The van der Waals surface area contributed by atoms with Gasteiger partial charge in [-0.25, -0.2) is 0 Å². The maximum atomic E-state index is 11.8. The molecule has 1 aromatic heterocycles. The number of hydrogen-bond donors (Lipinski definition) is 1. The molecule has 0 spiro atoms. The Kier molecular flexibility index (Phi) is 3.05. The van der Waals surface area contributed by atoms with Crippen LogP contribution in [0.5, 0.6) is 0 Å². The average molecular weight is 257 g/mol. The molecule has 0 amide bonds. The number of H-pyrrole nitrogens is 1. The highest BCUT2D eigenvalue weighted by atomic mass is 16.5. The number of hydrogen-bond acceptors (Lipinski definition) is 2. The van der Waals surface area contributed by atoms with Crippen LogP contribution in [0.25, 0.3) is 11.6 Å². The minimum Gasteiger partial charge on any atom is -0.469 e. The Balaban J connectivity index is 2.19. The minimum absolute atomic E-state index is 0.141. The number of aromatic amines is 1. The fourth-order valence-electron chi connectivity index (χ4n) is 3.21. The van der Waals surface area contributed by atoms with Crippen LogP contribution in [0.15, 0.2) is 12.2 Å². The third kappa shape index (κ3) is 1.93. The third-order valence-electron chi connectivity index (χ3n) is 4.24. The lowest BCUT2D eigenvalue weighted by atomic mass is 9.87. The normalized spacial score (nSPS) is 18.3. The van der Waals surface area contributed by atoms with E-state index in [-0.39, 0.29) is 11.9 Å². The molecule has 1 aromatic rings. The van der Waals surface area contributed by atoms with Gasteiger partial charge in [0.15, 0.2) is 0 Å². The first-order valence-electron chi connectivity index (χ1n) is 6.90. The number of fused-ring (bicyclic) bond motifs is 3. The van der Waals surface area contributed by atoms with Gasteiger partial charge >= 0.3 is 5.97 Å². The Morgan fingerprint density at radius 3 is 3.00 bits per heavy atom. The molecule has 3 nitrogen and oxygen atoms in total. The number of esters is 1. The molecule has 2 aliphatic rings. The van der Waals surface area contributed by atoms with E-state index in [9.17, 15) is 4.79 Å². The van der Waals surface area contributed by atoms with Crippen molar-refractivity contribution in [2.75, 3.05) is 7.11 Å². The van der Waals surface area contributed by atoms with Crippen LogP contribution in [0, 0.1) is 5.92 Å². The van der Waals surface area contributed by atoms with Crippen LogP contribution in [0.1, 0.15) is 30.9 Å². The van der Waals surface area contributed by atoms with Crippen LogP contribution in [-0.2, 0) is 22.4 Å². The zero-order chi connectivity index (χ0) is 13.4. The van der Waals surface area contributed by atoms with Crippen molar-refractivity contribution in [1.82, 2.24) is 4.98 Å². The summed E-state index contributed by atoms with van der Waals surface area (Å²) in [6.07, 6.45) is 10.6. The number of methoxy groups -OCH3 is 1. The number of allylic oxidation sites excluding steroid dienone is 2. The van der Waals surface area contributed by atoms with Crippen molar-refractivity contribution >= 4 is 17.6 Å². The van der Waals surface area contributed by atoms with Gasteiger partial charge in [-0.15, -0.1) is 0 Å². The van der Waals surface area contributed by atoms with E-state index in [0.29, 0.717) is 0 Å². The van der Waals surface area contributed by atoms with Crippen molar-refractivity contribution in [3.05, 3.63) is 34.0 Å². The number of nitrogens with one attached hydrogen (secondary N) is 1. The lowest BCUT2D eigenvalue weighted by Crippen LogP contribution is -2.26. The summed E-state index contributed by atoms with van der Waals surface area (Å²) < 4.78 is 4.89. The molecule has 0 radical (unpaired) electrons. The molecule has 1 N–H and O–H groups in total. The molecule has 0 fully saturated rings. The van der Waals surface area contributed by atoms with Gasteiger partial charge in [0.2, 0.25) is 0 Å². The molecule has 0 bridgehead atoms. The van der Waals surface area contributed by atoms with Crippen LogP contribution in [0.2, 0.25) is 0 Å². The third-order valence-corrected chi connectivity index (χ3v) is 4.24. The molecular weight excluding hydrogens is 238 g/mol. The number of carbonyl (C=O) groups excluding carboxylic acids is 1. The fraction of sp³-hybridized carbons (Fsp3) is 0.438. The van der Waals surface area contributed by atoms with Crippen molar-refractivity contribution in [2.45, 2.75) is 32.6 Å².